The highest BCUT2D eigenvalue weighted by Crippen LogP contribution is 2.22. The van der Waals surface area contributed by atoms with Gasteiger partial charge in [-0.2, -0.15) is 13.2 Å². The van der Waals surface area contributed by atoms with Gasteiger partial charge in [0.25, 0.3) is 5.91 Å². The van der Waals surface area contributed by atoms with Crippen LogP contribution in [0.5, 0.6) is 5.75 Å². The van der Waals surface area contributed by atoms with E-state index in [1.807, 2.05) is 0 Å². The third-order valence-corrected chi connectivity index (χ3v) is 3.66. The minimum absolute atomic E-state index is 0.0444. The molecule has 0 aromatic carbocycles. The minimum Gasteiger partial charge on any atom is -0.505 e. The Hall–Kier alpha value is -1.83. The van der Waals surface area contributed by atoms with Crippen molar-refractivity contribution in [2.75, 3.05) is 26.2 Å². The number of aromatic nitrogens is 1. The van der Waals surface area contributed by atoms with E-state index < -0.39 is 18.6 Å². The first-order chi connectivity index (χ1) is 10.3. The molecule has 0 radical (unpaired) electrons. The number of carbonyl (C=O) groups is 1. The van der Waals surface area contributed by atoms with E-state index in [-0.39, 0.29) is 17.4 Å². The van der Waals surface area contributed by atoms with Crippen molar-refractivity contribution in [3.8, 4) is 5.75 Å². The molecule has 1 fully saturated rings. The molecule has 1 aromatic heterocycles. The summed E-state index contributed by atoms with van der Waals surface area (Å²) in [5.74, 6) is -0.532. The highest BCUT2D eigenvalue weighted by molar-refractivity contribution is 5.94. The van der Waals surface area contributed by atoms with Crippen LogP contribution in [-0.2, 0) is 0 Å². The van der Waals surface area contributed by atoms with E-state index in [1.54, 1.807) is 0 Å². The molecule has 22 heavy (non-hydrogen) atoms. The van der Waals surface area contributed by atoms with Crippen molar-refractivity contribution < 1.29 is 23.1 Å². The first kappa shape index (κ1) is 16.5. The van der Waals surface area contributed by atoms with Crippen LogP contribution in [0.4, 0.5) is 13.2 Å². The predicted molar refractivity (Wildman–Crippen MR) is 73.5 cm³/mol. The quantitative estimate of drug-likeness (QED) is 0.888. The van der Waals surface area contributed by atoms with Gasteiger partial charge in [0.05, 0.1) is 6.54 Å². The number of piperidine rings is 1. The molecular weight excluding hydrogens is 299 g/mol. The maximum atomic E-state index is 12.3. The van der Waals surface area contributed by atoms with Crippen molar-refractivity contribution in [3.05, 3.63) is 24.0 Å². The number of hydrogen-bond acceptors (Lipinski definition) is 4. The van der Waals surface area contributed by atoms with Gasteiger partial charge in [-0.3, -0.25) is 9.69 Å². The van der Waals surface area contributed by atoms with Gasteiger partial charge in [0.2, 0.25) is 0 Å². The van der Waals surface area contributed by atoms with Crippen LogP contribution in [0, 0.1) is 5.92 Å². The Morgan fingerprint density at radius 2 is 2.09 bits per heavy atom. The number of likely N-dealkylation sites (tertiary alicyclic amines) is 1. The standard InChI is InChI=1S/C14H18F3N3O2/c15-14(16,17)9-20-6-3-10(4-7-20)8-19-13(22)12-11(21)2-1-5-18-12/h1-2,5,10,21H,3-4,6-9H2,(H,19,22). The zero-order valence-corrected chi connectivity index (χ0v) is 11.9. The summed E-state index contributed by atoms with van der Waals surface area (Å²) in [6.07, 6.45) is -1.56. The van der Waals surface area contributed by atoms with Gasteiger partial charge in [-0.05, 0) is 44.0 Å². The number of halogens is 3. The molecule has 0 atom stereocenters. The highest BCUT2D eigenvalue weighted by Gasteiger charge is 2.32. The molecule has 1 aliphatic rings. The van der Waals surface area contributed by atoms with Crippen molar-refractivity contribution in [2.24, 2.45) is 5.92 Å². The first-order valence-electron chi connectivity index (χ1n) is 7.06. The molecule has 0 saturated carbocycles. The van der Waals surface area contributed by atoms with Gasteiger partial charge in [0, 0.05) is 12.7 Å². The monoisotopic (exact) mass is 317 g/mol. The molecule has 2 rings (SSSR count). The summed E-state index contributed by atoms with van der Waals surface area (Å²) in [5, 5.41) is 12.2. The van der Waals surface area contributed by atoms with Gasteiger partial charge < -0.3 is 10.4 Å². The molecule has 2 N–H and O–H groups in total. The molecule has 0 spiro atoms. The number of nitrogens with one attached hydrogen (secondary N) is 1. The number of nitrogens with zero attached hydrogens (tertiary/aromatic N) is 2. The summed E-state index contributed by atoms with van der Waals surface area (Å²) in [6.45, 7) is 0.229. The summed E-state index contributed by atoms with van der Waals surface area (Å²) >= 11 is 0. The van der Waals surface area contributed by atoms with Gasteiger partial charge in [0.1, 0.15) is 5.75 Å². The smallest absolute Gasteiger partial charge is 0.401 e. The van der Waals surface area contributed by atoms with E-state index >= 15 is 0 Å². The van der Waals surface area contributed by atoms with Crippen molar-refractivity contribution in [2.45, 2.75) is 19.0 Å². The fraction of sp³-hybridized carbons (Fsp3) is 0.571. The van der Waals surface area contributed by atoms with E-state index in [4.69, 9.17) is 0 Å². The van der Waals surface area contributed by atoms with Crippen molar-refractivity contribution in [3.63, 3.8) is 0 Å². The molecular formula is C14H18F3N3O2. The van der Waals surface area contributed by atoms with Crippen LogP contribution in [0.15, 0.2) is 18.3 Å². The van der Waals surface area contributed by atoms with Crippen LogP contribution >= 0.6 is 0 Å². The lowest BCUT2D eigenvalue weighted by Gasteiger charge is -2.32. The number of rotatable bonds is 4. The van der Waals surface area contributed by atoms with Crippen LogP contribution < -0.4 is 5.32 Å². The largest absolute Gasteiger partial charge is 0.505 e. The summed E-state index contributed by atoms with van der Waals surface area (Å²) < 4.78 is 36.9. The molecule has 1 saturated heterocycles. The average Bonchev–Trinajstić information content (AvgIpc) is 2.45. The van der Waals surface area contributed by atoms with Crippen molar-refractivity contribution >= 4 is 5.91 Å². The van der Waals surface area contributed by atoms with E-state index in [2.05, 4.69) is 10.3 Å². The number of pyridine rings is 1. The van der Waals surface area contributed by atoms with Crippen LogP contribution in [0.2, 0.25) is 0 Å². The second-order valence-electron chi connectivity index (χ2n) is 5.42. The normalized spacial score (nSPS) is 17.4. The lowest BCUT2D eigenvalue weighted by atomic mass is 9.96. The van der Waals surface area contributed by atoms with Crippen LogP contribution in [-0.4, -0.2) is 53.3 Å². The predicted octanol–water partition coefficient (Wildman–Crippen LogP) is 1.79. The average molecular weight is 317 g/mol. The van der Waals surface area contributed by atoms with Crippen LogP contribution in [0.3, 0.4) is 0 Å². The Kier molecular flexibility index (Phi) is 5.23. The second-order valence-corrected chi connectivity index (χ2v) is 5.42. The maximum Gasteiger partial charge on any atom is 0.401 e. The topological polar surface area (TPSA) is 65.5 Å². The summed E-state index contributed by atoms with van der Waals surface area (Å²) in [7, 11) is 0. The van der Waals surface area contributed by atoms with E-state index in [1.165, 1.54) is 23.2 Å². The van der Waals surface area contributed by atoms with Gasteiger partial charge in [0.15, 0.2) is 5.69 Å². The van der Waals surface area contributed by atoms with Crippen molar-refractivity contribution in [1.29, 1.82) is 0 Å². The van der Waals surface area contributed by atoms with Crippen LogP contribution in [0.25, 0.3) is 0 Å². The zero-order valence-electron chi connectivity index (χ0n) is 11.9. The number of amides is 1. The first-order valence-corrected chi connectivity index (χ1v) is 7.06. The number of hydrogen-bond donors (Lipinski definition) is 2. The Morgan fingerprint density at radius 3 is 2.68 bits per heavy atom. The third kappa shape index (κ3) is 4.87. The SMILES string of the molecule is O=C(NCC1CCN(CC(F)(F)F)CC1)c1ncccc1O. The van der Waals surface area contributed by atoms with Crippen LogP contribution in [0.1, 0.15) is 23.3 Å². The zero-order chi connectivity index (χ0) is 16.2. The number of alkyl halides is 3. The van der Waals surface area contributed by atoms with Gasteiger partial charge in [-0.15, -0.1) is 0 Å². The molecule has 1 aromatic rings. The molecule has 1 aliphatic heterocycles. The summed E-state index contributed by atoms with van der Waals surface area (Å²) in [6, 6.07) is 2.89. The molecule has 0 bridgehead atoms. The van der Waals surface area contributed by atoms with Gasteiger partial charge >= 0.3 is 6.18 Å². The molecule has 0 aliphatic carbocycles. The fourth-order valence-corrected chi connectivity index (χ4v) is 2.49. The molecule has 8 heteroatoms. The third-order valence-electron chi connectivity index (χ3n) is 3.66. The van der Waals surface area contributed by atoms with E-state index in [0.29, 0.717) is 32.5 Å². The van der Waals surface area contributed by atoms with Gasteiger partial charge in [-0.25, -0.2) is 4.98 Å². The molecule has 5 nitrogen and oxygen atoms in total. The lowest BCUT2D eigenvalue weighted by Crippen LogP contribution is -2.42. The molecule has 122 valence electrons. The van der Waals surface area contributed by atoms with Gasteiger partial charge in [-0.1, -0.05) is 0 Å². The molecule has 0 unspecified atom stereocenters. The Bertz CT molecular complexity index is 514. The lowest BCUT2D eigenvalue weighted by molar-refractivity contribution is -0.148. The minimum atomic E-state index is -4.17. The summed E-state index contributed by atoms with van der Waals surface area (Å²) in [5.41, 5.74) is -0.0444. The Labute approximate surface area is 126 Å². The van der Waals surface area contributed by atoms with E-state index in [0.717, 1.165) is 0 Å². The Morgan fingerprint density at radius 1 is 1.41 bits per heavy atom. The molecule has 2 heterocycles. The maximum absolute atomic E-state index is 12.3. The highest BCUT2D eigenvalue weighted by atomic mass is 19.4. The molecule has 1 amide bonds. The van der Waals surface area contributed by atoms with E-state index in [9.17, 15) is 23.1 Å². The number of carbonyl (C=O) groups excluding carboxylic acids is 1. The summed E-state index contributed by atoms with van der Waals surface area (Å²) in [4.78, 5) is 17.0. The number of aromatic hydroxyl groups is 1. The van der Waals surface area contributed by atoms with Crippen molar-refractivity contribution in [1.82, 2.24) is 15.2 Å². The fourth-order valence-electron chi connectivity index (χ4n) is 2.49. The second kappa shape index (κ2) is 6.95. The Balaban J connectivity index is 1.75.